The molecule has 2 fully saturated rings. The Bertz CT molecular complexity index is 692. The molecule has 2 saturated carbocycles. The first kappa shape index (κ1) is 14.0. The van der Waals surface area contributed by atoms with Crippen LogP contribution in [0.3, 0.4) is 0 Å². The van der Waals surface area contributed by atoms with E-state index < -0.39 is 5.60 Å². The van der Waals surface area contributed by atoms with Crippen LogP contribution in [-0.2, 0) is 9.53 Å². The standard InChI is InChI=1S/C19H22O3/c1-11-5-4-6-13-14-7-8-19(21)10-18(14,9-12(19)2)16(15(11)13)17(20)22-3/h4-6,14,16,21H,2,7-10H2,1,3H3/t14-,16+,18-,19-/m0/s1. The lowest BCUT2D eigenvalue weighted by Gasteiger charge is -2.41. The average molecular weight is 298 g/mol. The number of aliphatic hydroxyl groups is 1. The van der Waals surface area contributed by atoms with Crippen molar-refractivity contribution in [3.05, 3.63) is 47.0 Å². The van der Waals surface area contributed by atoms with E-state index in [-0.39, 0.29) is 17.3 Å². The Labute approximate surface area is 131 Å². The second-order valence-electron chi connectivity index (χ2n) is 7.35. The van der Waals surface area contributed by atoms with Crippen LogP contribution in [0, 0.1) is 12.3 Å². The number of fused-ring (bicyclic) bond motifs is 3. The zero-order valence-corrected chi connectivity index (χ0v) is 13.2. The fraction of sp³-hybridized carbons (Fsp3) is 0.526. The first-order chi connectivity index (χ1) is 10.4. The van der Waals surface area contributed by atoms with Gasteiger partial charge in [0.15, 0.2) is 0 Å². The molecule has 22 heavy (non-hydrogen) atoms. The van der Waals surface area contributed by atoms with Crippen molar-refractivity contribution in [3.63, 3.8) is 0 Å². The summed E-state index contributed by atoms with van der Waals surface area (Å²) in [6.07, 6.45) is 3.03. The van der Waals surface area contributed by atoms with Gasteiger partial charge in [-0.05, 0) is 60.8 Å². The number of aryl methyl sites for hydroxylation is 1. The molecule has 0 amide bonds. The second kappa shape index (κ2) is 4.23. The number of hydrogen-bond acceptors (Lipinski definition) is 3. The molecule has 0 radical (unpaired) electrons. The van der Waals surface area contributed by atoms with Crippen LogP contribution in [-0.4, -0.2) is 23.8 Å². The SMILES string of the molecule is C=C1C[C@]23C[C@@]1(O)CC[C@H]2c1cccc(C)c1[C@@H]3C(=O)OC. The van der Waals surface area contributed by atoms with Gasteiger partial charge in [0.25, 0.3) is 0 Å². The lowest BCUT2D eigenvalue weighted by molar-refractivity contribution is -0.147. The van der Waals surface area contributed by atoms with Crippen LogP contribution in [0.4, 0.5) is 0 Å². The zero-order chi connectivity index (χ0) is 15.7. The Hall–Kier alpha value is -1.61. The topological polar surface area (TPSA) is 46.5 Å². The van der Waals surface area contributed by atoms with Gasteiger partial charge in [0.05, 0.1) is 18.6 Å². The number of methoxy groups -OCH3 is 1. The van der Waals surface area contributed by atoms with Gasteiger partial charge in [-0.3, -0.25) is 4.79 Å². The van der Waals surface area contributed by atoms with Crippen molar-refractivity contribution >= 4 is 5.97 Å². The number of carbonyl (C=O) groups excluding carboxylic acids is 1. The molecule has 4 atom stereocenters. The maximum Gasteiger partial charge on any atom is 0.313 e. The van der Waals surface area contributed by atoms with E-state index in [1.54, 1.807) is 0 Å². The number of carbonyl (C=O) groups is 1. The molecule has 3 aliphatic rings. The molecule has 3 heteroatoms. The van der Waals surface area contributed by atoms with Gasteiger partial charge in [-0.25, -0.2) is 0 Å². The highest BCUT2D eigenvalue weighted by Gasteiger charge is 2.66. The molecule has 2 bridgehead atoms. The molecule has 0 aromatic heterocycles. The lowest BCUT2D eigenvalue weighted by Crippen LogP contribution is -2.40. The minimum Gasteiger partial charge on any atom is -0.469 e. The summed E-state index contributed by atoms with van der Waals surface area (Å²) >= 11 is 0. The predicted octanol–water partition coefficient (Wildman–Crippen LogP) is 3.21. The van der Waals surface area contributed by atoms with E-state index in [1.807, 2.05) is 0 Å². The summed E-state index contributed by atoms with van der Waals surface area (Å²) < 4.78 is 5.16. The largest absolute Gasteiger partial charge is 0.469 e. The maximum absolute atomic E-state index is 12.6. The van der Waals surface area contributed by atoms with Crippen LogP contribution in [0.25, 0.3) is 0 Å². The minimum atomic E-state index is -0.793. The first-order valence-corrected chi connectivity index (χ1v) is 8.01. The molecule has 3 nitrogen and oxygen atoms in total. The smallest absolute Gasteiger partial charge is 0.313 e. The average Bonchev–Trinajstić information content (AvgIpc) is 2.87. The van der Waals surface area contributed by atoms with Gasteiger partial charge >= 0.3 is 5.97 Å². The van der Waals surface area contributed by atoms with E-state index in [2.05, 4.69) is 31.7 Å². The summed E-state index contributed by atoms with van der Waals surface area (Å²) in [6.45, 7) is 6.19. The molecule has 0 heterocycles. The second-order valence-corrected chi connectivity index (χ2v) is 7.35. The molecule has 1 spiro atoms. The van der Waals surface area contributed by atoms with E-state index in [9.17, 15) is 9.90 Å². The molecule has 4 rings (SSSR count). The van der Waals surface area contributed by atoms with Crippen molar-refractivity contribution in [1.29, 1.82) is 0 Å². The Kier molecular flexibility index (Phi) is 2.69. The molecular formula is C19H22O3. The number of ether oxygens (including phenoxy) is 1. The van der Waals surface area contributed by atoms with Gasteiger partial charge in [0.1, 0.15) is 0 Å². The third-order valence-electron chi connectivity index (χ3n) is 6.40. The fourth-order valence-corrected chi connectivity index (χ4v) is 5.51. The first-order valence-electron chi connectivity index (χ1n) is 8.01. The molecule has 0 unspecified atom stereocenters. The summed E-state index contributed by atoms with van der Waals surface area (Å²) in [5, 5.41) is 10.9. The Morgan fingerprint density at radius 2 is 2.23 bits per heavy atom. The van der Waals surface area contributed by atoms with Crippen molar-refractivity contribution in [1.82, 2.24) is 0 Å². The van der Waals surface area contributed by atoms with Crippen molar-refractivity contribution in [3.8, 4) is 0 Å². The van der Waals surface area contributed by atoms with Gasteiger partial charge in [-0.2, -0.15) is 0 Å². The zero-order valence-electron chi connectivity index (χ0n) is 13.2. The Balaban J connectivity index is 1.96. The summed E-state index contributed by atoms with van der Waals surface area (Å²) in [4.78, 5) is 12.6. The molecule has 1 aromatic carbocycles. The predicted molar refractivity (Wildman–Crippen MR) is 83.7 cm³/mol. The molecule has 3 aliphatic carbocycles. The fourth-order valence-electron chi connectivity index (χ4n) is 5.51. The van der Waals surface area contributed by atoms with E-state index in [4.69, 9.17) is 4.74 Å². The van der Waals surface area contributed by atoms with Gasteiger partial charge in [-0.1, -0.05) is 24.8 Å². The van der Waals surface area contributed by atoms with E-state index in [0.717, 1.165) is 36.0 Å². The van der Waals surface area contributed by atoms with Crippen molar-refractivity contribution < 1.29 is 14.6 Å². The van der Waals surface area contributed by atoms with Gasteiger partial charge in [-0.15, -0.1) is 0 Å². The normalized spacial score (nSPS) is 38.6. The third kappa shape index (κ3) is 1.48. The molecule has 0 aliphatic heterocycles. The van der Waals surface area contributed by atoms with Gasteiger partial charge in [0.2, 0.25) is 0 Å². The van der Waals surface area contributed by atoms with Crippen LogP contribution in [0.5, 0.6) is 0 Å². The van der Waals surface area contributed by atoms with Crippen molar-refractivity contribution in [2.75, 3.05) is 7.11 Å². The quantitative estimate of drug-likeness (QED) is 0.639. The van der Waals surface area contributed by atoms with Crippen molar-refractivity contribution in [2.24, 2.45) is 5.41 Å². The molecule has 1 aromatic rings. The van der Waals surface area contributed by atoms with Crippen LogP contribution in [0.1, 0.15) is 54.2 Å². The van der Waals surface area contributed by atoms with Gasteiger partial charge in [0, 0.05) is 5.41 Å². The third-order valence-corrected chi connectivity index (χ3v) is 6.40. The number of benzene rings is 1. The molecule has 116 valence electrons. The highest BCUT2D eigenvalue weighted by molar-refractivity contribution is 5.83. The van der Waals surface area contributed by atoms with E-state index >= 15 is 0 Å². The van der Waals surface area contributed by atoms with Crippen LogP contribution >= 0.6 is 0 Å². The number of hydrogen-bond donors (Lipinski definition) is 1. The highest BCUT2D eigenvalue weighted by atomic mass is 16.5. The Morgan fingerprint density at radius 3 is 2.95 bits per heavy atom. The van der Waals surface area contributed by atoms with E-state index in [1.165, 1.54) is 12.7 Å². The minimum absolute atomic E-state index is 0.169. The van der Waals surface area contributed by atoms with Gasteiger partial charge < -0.3 is 9.84 Å². The van der Waals surface area contributed by atoms with Crippen LogP contribution in [0.2, 0.25) is 0 Å². The van der Waals surface area contributed by atoms with E-state index in [0.29, 0.717) is 12.3 Å². The summed E-state index contributed by atoms with van der Waals surface area (Å²) in [6, 6.07) is 6.30. The maximum atomic E-state index is 12.6. The summed E-state index contributed by atoms with van der Waals surface area (Å²) in [7, 11) is 1.46. The number of esters is 1. The highest BCUT2D eigenvalue weighted by Crippen LogP contribution is 2.71. The van der Waals surface area contributed by atoms with Crippen LogP contribution in [0.15, 0.2) is 30.4 Å². The van der Waals surface area contributed by atoms with Crippen molar-refractivity contribution in [2.45, 2.75) is 50.0 Å². The monoisotopic (exact) mass is 298 g/mol. The Morgan fingerprint density at radius 1 is 1.45 bits per heavy atom. The molecular weight excluding hydrogens is 276 g/mol. The number of rotatable bonds is 1. The summed E-state index contributed by atoms with van der Waals surface area (Å²) in [5.74, 6) is -0.118. The molecule has 1 N–H and O–H groups in total. The van der Waals surface area contributed by atoms with Crippen LogP contribution < -0.4 is 0 Å². The lowest BCUT2D eigenvalue weighted by atomic mass is 9.63. The summed E-state index contributed by atoms with van der Waals surface area (Å²) in [5.41, 5.74) is 3.43. The molecule has 0 saturated heterocycles.